The van der Waals surface area contributed by atoms with Gasteiger partial charge in [-0.15, -0.1) is 0 Å². The Balaban J connectivity index is 1.62. The summed E-state index contributed by atoms with van der Waals surface area (Å²) >= 11 is 18.6. The van der Waals surface area contributed by atoms with Crippen LogP contribution >= 0.6 is 34.8 Å². The second-order valence-electron chi connectivity index (χ2n) is 6.57. The first-order valence-corrected chi connectivity index (χ1v) is 10.0. The molecule has 0 radical (unpaired) electrons. The fourth-order valence-corrected chi connectivity index (χ4v) is 3.85. The molecule has 0 saturated carbocycles. The quantitative estimate of drug-likeness (QED) is 0.645. The summed E-state index contributed by atoms with van der Waals surface area (Å²) in [5, 5.41) is 8.85. The van der Waals surface area contributed by atoms with Crippen molar-refractivity contribution in [2.45, 2.75) is 26.0 Å². The summed E-state index contributed by atoms with van der Waals surface area (Å²) in [5.41, 5.74) is 1.83. The average molecular weight is 414 g/mol. The van der Waals surface area contributed by atoms with Crippen LogP contribution in [0.15, 0.2) is 36.4 Å². The van der Waals surface area contributed by atoms with Gasteiger partial charge in [-0.2, -0.15) is 0 Å². The number of nitrogens with one attached hydrogen (secondary N) is 2. The van der Waals surface area contributed by atoms with E-state index in [2.05, 4.69) is 10.6 Å². The van der Waals surface area contributed by atoms with E-state index in [0.717, 1.165) is 49.0 Å². The number of benzene rings is 2. The summed E-state index contributed by atoms with van der Waals surface area (Å²) in [5.74, 6) is 1.52. The second kappa shape index (κ2) is 9.82. The second-order valence-corrected chi connectivity index (χ2v) is 7.82. The molecule has 0 bridgehead atoms. The van der Waals surface area contributed by atoms with Crippen molar-refractivity contribution in [3.05, 3.63) is 62.6 Å². The van der Waals surface area contributed by atoms with Crippen LogP contribution in [0, 0.1) is 5.92 Å². The van der Waals surface area contributed by atoms with Crippen molar-refractivity contribution in [3.63, 3.8) is 0 Å². The van der Waals surface area contributed by atoms with Crippen LogP contribution in [0.1, 0.15) is 24.0 Å². The highest BCUT2D eigenvalue weighted by atomic mass is 35.5. The molecule has 3 nitrogen and oxygen atoms in total. The third kappa shape index (κ3) is 5.51. The number of ether oxygens (including phenoxy) is 1. The zero-order valence-electron chi connectivity index (χ0n) is 14.5. The van der Waals surface area contributed by atoms with E-state index in [1.807, 2.05) is 36.4 Å². The van der Waals surface area contributed by atoms with E-state index >= 15 is 0 Å². The minimum Gasteiger partial charge on any atom is -0.488 e. The molecule has 1 fully saturated rings. The van der Waals surface area contributed by atoms with Gasteiger partial charge in [0.1, 0.15) is 12.4 Å². The maximum absolute atomic E-state index is 6.23. The summed E-state index contributed by atoms with van der Waals surface area (Å²) in [7, 11) is 0. The first-order chi connectivity index (χ1) is 12.6. The summed E-state index contributed by atoms with van der Waals surface area (Å²) in [6, 6.07) is 11.1. The zero-order chi connectivity index (χ0) is 18.4. The lowest BCUT2D eigenvalue weighted by Crippen LogP contribution is -2.33. The lowest BCUT2D eigenvalue weighted by atomic mass is 9.98. The lowest BCUT2D eigenvalue weighted by Gasteiger charge is -2.23. The number of piperidine rings is 1. The smallest absolute Gasteiger partial charge is 0.124 e. The zero-order valence-corrected chi connectivity index (χ0v) is 16.8. The molecule has 2 N–H and O–H groups in total. The van der Waals surface area contributed by atoms with E-state index < -0.39 is 0 Å². The molecule has 0 atom stereocenters. The highest BCUT2D eigenvalue weighted by Gasteiger charge is 2.13. The Morgan fingerprint density at radius 2 is 1.77 bits per heavy atom. The van der Waals surface area contributed by atoms with Crippen LogP contribution in [0.4, 0.5) is 0 Å². The number of halogens is 3. The van der Waals surface area contributed by atoms with E-state index in [1.54, 1.807) is 0 Å². The van der Waals surface area contributed by atoms with Gasteiger partial charge < -0.3 is 15.4 Å². The van der Waals surface area contributed by atoms with Crippen molar-refractivity contribution >= 4 is 34.8 Å². The van der Waals surface area contributed by atoms with Crippen LogP contribution < -0.4 is 15.4 Å². The van der Waals surface area contributed by atoms with Crippen LogP contribution in [0.25, 0.3) is 0 Å². The molecule has 140 valence electrons. The third-order valence-corrected chi connectivity index (χ3v) is 5.61. The topological polar surface area (TPSA) is 33.3 Å². The minimum atomic E-state index is 0.321. The van der Waals surface area contributed by atoms with E-state index in [-0.39, 0.29) is 0 Å². The Morgan fingerprint density at radius 3 is 2.50 bits per heavy atom. The summed E-state index contributed by atoms with van der Waals surface area (Å²) < 4.78 is 6.00. The highest BCUT2D eigenvalue weighted by Crippen LogP contribution is 2.28. The largest absolute Gasteiger partial charge is 0.488 e. The molecule has 1 aliphatic heterocycles. The van der Waals surface area contributed by atoms with Gasteiger partial charge in [-0.3, -0.25) is 0 Å². The van der Waals surface area contributed by atoms with Gasteiger partial charge in [-0.05, 0) is 68.7 Å². The molecule has 0 aromatic heterocycles. The van der Waals surface area contributed by atoms with Gasteiger partial charge in [0.15, 0.2) is 0 Å². The maximum Gasteiger partial charge on any atom is 0.124 e. The SMILES string of the molecule is Clc1ccc(OCc2c(Cl)cccc2Cl)c(CNCC2CCNCC2)c1. The molecule has 6 heteroatoms. The third-order valence-electron chi connectivity index (χ3n) is 4.66. The molecular weight excluding hydrogens is 391 g/mol. The Kier molecular flexibility index (Phi) is 7.47. The van der Waals surface area contributed by atoms with Crippen molar-refractivity contribution in [1.82, 2.24) is 10.6 Å². The monoisotopic (exact) mass is 412 g/mol. The molecule has 1 heterocycles. The molecular formula is C20H23Cl3N2O. The maximum atomic E-state index is 6.23. The minimum absolute atomic E-state index is 0.321. The first-order valence-electron chi connectivity index (χ1n) is 8.89. The van der Waals surface area contributed by atoms with Crippen molar-refractivity contribution in [1.29, 1.82) is 0 Å². The van der Waals surface area contributed by atoms with E-state index in [0.29, 0.717) is 21.7 Å². The van der Waals surface area contributed by atoms with Crippen LogP contribution in [0.3, 0.4) is 0 Å². The van der Waals surface area contributed by atoms with Gasteiger partial charge in [0.25, 0.3) is 0 Å². The van der Waals surface area contributed by atoms with Crippen molar-refractivity contribution in [2.75, 3.05) is 19.6 Å². The van der Waals surface area contributed by atoms with Gasteiger partial charge in [-0.1, -0.05) is 40.9 Å². The van der Waals surface area contributed by atoms with Crippen LogP contribution in [-0.2, 0) is 13.2 Å². The molecule has 0 amide bonds. The first kappa shape index (κ1) is 19.8. The van der Waals surface area contributed by atoms with E-state index in [1.165, 1.54) is 12.8 Å². The Hall–Kier alpha value is -0.970. The number of rotatable bonds is 7. The molecule has 0 spiro atoms. The molecule has 26 heavy (non-hydrogen) atoms. The lowest BCUT2D eigenvalue weighted by molar-refractivity contribution is 0.301. The van der Waals surface area contributed by atoms with Crippen LogP contribution in [0.2, 0.25) is 15.1 Å². The predicted molar refractivity (Wildman–Crippen MR) is 110 cm³/mol. The molecule has 0 aliphatic carbocycles. The summed E-state index contributed by atoms with van der Waals surface area (Å²) in [4.78, 5) is 0. The van der Waals surface area contributed by atoms with Crippen LogP contribution in [0.5, 0.6) is 5.75 Å². The van der Waals surface area contributed by atoms with E-state index in [4.69, 9.17) is 39.5 Å². The highest BCUT2D eigenvalue weighted by molar-refractivity contribution is 6.36. The van der Waals surface area contributed by atoms with Gasteiger partial charge >= 0.3 is 0 Å². The number of hydrogen-bond acceptors (Lipinski definition) is 3. The summed E-state index contributed by atoms with van der Waals surface area (Å²) in [6.07, 6.45) is 2.44. The molecule has 2 aromatic carbocycles. The molecule has 3 rings (SSSR count). The molecule has 1 aliphatic rings. The number of hydrogen-bond donors (Lipinski definition) is 2. The van der Waals surface area contributed by atoms with Gasteiger partial charge in [-0.25, -0.2) is 0 Å². The molecule has 1 saturated heterocycles. The summed E-state index contributed by atoms with van der Waals surface area (Å²) in [6.45, 7) is 4.26. The Bertz CT molecular complexity index is 713. The fraction of sp³-hybridized carbons (Fsp3) is 0.400. The Morgan fingerprint density at radius 1 is 1.04 bits per heavy atom. The fourth-order valence-electron chi connectivity index (χ4n) is 3.14. The Labute approximate surface area is 170 Å². The van der Waals surface area contributed by atoms with Crippen LogP contribution in [-0.4, -0.2) is 19.6 Å². The standard InChI is InChI=1S/C20H23Cl3N2O/c21-16-4-5-20(26-13-17-18(22)2-1-3-19(17)23)15(10-16)12-25-11-14-6-8-24-9-7-14/h1-5,10,14,24-25H,6-9,11-13H2. The normalized spacial score (nSPS) is 15.2. The van der Waals surface area contributed by atoms with Gasteiger partial charge in [0, 0.05) is 32.7 Å². The van der Waals surface area contributed by atoms with Gasteiger partial charge in [0.2, 0.25) is 0 Å². The van der Waals surface area contributed by atoms with Crippen molar-refractivity contribution in [2.24, 2.45) is 5.92 Å². The van der Waals surface area contributed by atoms with Crippen molar-refractivity contribution in [3.8, 4) is 5.75 Å². The van der Waals surface area contributed by atoms with Gasteiger partial charge in [0.05, 0.1) is 0 Å². The average Bonchev–Trinajstić information content (AvgIpc) is 2.64. The van der Waals surface area contributed by atoms with Crippen molar-refractivity contribution < 1.29 is 4.74 Å². The molecule has 0 unspecified atom stereocenters. The van der Waals surface area contributed by atoms with E-state index in [9.17, 15) is 0 Å². The predicted octanol–water partition coefficient (Wildman–Crippen LogP) is 5.32. The molecule has 2 aromatic rings.